The Morgan fingerprint density at radius 1 is 1.00 bits per heavy atom. The fraction of sp³-hybridized carbons (Fsp3) is 0.538. The highest BCUT2D eigenvalue weighted by molar-refractivity contribution is 5.49. The lowest BCUT2D eigenvalue weighted by Gasteiger charge is -2.18. The number of benzene rings is 1. The molecule has 1 saturated carbocycles. The predicted octanol–water partition coefficient (Wildman–Crippen LogP) is 2.27. The normalized spacial score (nSPS) is 23.1. The van der Waals surface area contributed by atoms with E-state index in [1.54, 1.807) is 0 Å². The molecule has 80 valence electrons. The monoisotopic (exact) mass is 203 g/mol. The van der Waals surface area contributed by atoms with E-state index >= 15 is 0 Å². The van der Waals surface area contributed by atoms with E-state index in [1.165, 1.54) is 31.6 Å². The molecule has 0 amide bonds. The third-order valence-corrected chi connectivity index (χ3v) is 3.60. The lowest BCUT2D eigenvalue weighted by molar-refractivity contribution is 0.151. The predicted molar refractivity (Wildman–Crippen MR) is 61.0 cm³/mol. The van der Waals surface area contributed by atoms with Gasteiger partial charge in [0.25, 0.3) is 0 Å². The summed E-state index contributed by atoms with van der Waals surface area (Å²) in [6, 6.07) is 8.47. The molecule has 0 radical (unpaired) electrons. The molecule has 1 heterocycles. The first kappa shape index (κ1) is 9.22. The minimum atomic E-state index is -0.483. The van der Waals surface area contributed by atoms with Gasteiger partial charge in [0.2, 0.25) is 0 Å². The van der Waals surface area contributed by atoms with Gasteiger partial charge in [-0.05, 0) is 43.4 Å². The molecule has 2 fully saturated rings. The van der Waals surface area contributed by atoms with E-state index < -0.39 is 5.60 Å². The maximum absolute atomic E-state index is 9.94. The maximum Gasteiger partial charge on any atom is 0.0899 e. The first-order valence-corrected chi connectivity index (χ1v) is 5.86. The van der Waals surface area contributed by atoms with Crippen LogP contribution in [0.25, 0.3) is 0 Å². The van der Waals surface area contributed by atoms with Gasteiger partial charge in [-0.3, -0.25) is 0 Å². The van der Waals surface area contributed by atoms with Crippen LogP contribution in [0, 0.1) is 0 Å². The van der Waals surface area contributed by atoms with Crippen molar-refractivity contribution in [1.29, 1.82) is 0 Å². The highest BCUT2D eigenvalue weighted by atomic mass is 16.3. The van der Waals surface area contributed by atoms with Gasteiger partial charge in [0.05, 0.1) is 5.60 Å². The second-order valence-electron chi connectivity index (χ2n) is 4.77. The van der Waals surface area contributed by atoms with E-state index in [9.17, 15) is 5.11 Å². The quantitative estimate of drug-likeness (QED) is 0.797. The molecule has 2 nitrogen and oxygen atoms in total. The number of hydrogen-bond acceptors (Lipinski definition) is 2. The summed E-state index contributed by atoms with van der Waals surface area (Å²) in [6.07, 6.45) is 4.48. The third-order valence-electron chi connectivity index (χ3n) is 3.60. The summed E-state index contributed by atoms with van der Waals surface area (Å²) in [6.45, 7) is 2.37. The van der Waals surface area contributed by atoms with Crippen molar-refractivity contribution in [3.63, 3.8) is 0 Å². The van der Waals surface area contributed by atoms with Gasteiger partial charge in [0.1, 0.15) is 0 Å². The number of hydrogen-bond donors (Lipinski definition) is 1. The van der Waals surface area contributed by atoms with Crippen LogP contribution in [-0.2, 0) is 5.60 Å². The fourth-order valence-corrected chi connectivity index (χ4v) is 2.36. The van der Waals surface area contributed by atoms with Crippen molar-refractivity contribution in [2.45, 2.75) is 31.3 Å². The molecule has 2 aliphatic rings. The van der Waals surface area contributed by atoms with E-state index in [2.05, 4.69) is 29.2 Å². The van der Waals surface area contributed by atoms with Gasteiger partial charge in [0, 0.05) is 18.8 Å². The van der Waals surface area contributed by atoms with E-state index in [-0.39, 0.29) is 0 Å². The van der Waals surface area contributed by atoms with Gasteiger partial charge >= 0.3 is 0 Å². The van der Waals surface area contributed by atoms with E-state index in [4.69, 9.17) is 0 Å². The number of aliphatic hydroxyl groups is 1. The molecule has 1 aliphatic carbocycles. The summed E-state index contributed by atoms with van der Waals surface area (Å²) in [5.41, 5.74) is 1.91. The molecule has 1 N–H and O–H groups in total. The zero-order valence-electron chi connectivity index (χ0n) is 8.95. The van der Waals surface area contributed by atoms with Gasteiger partial charge in [-0.1, -0.05) is 12.1 Å². The molecule has 1 aromatic rings. The molecule has 15 heavy (non-hydrogen) atoms. The van der Waals surface area contributed by atoms with Crippen LogP contribution in [0.2, 0.25) is 0 Å². The summed E-state index contributed by atoms with van der Waals surface area (Å²) in [5, 5.41) is 9.94. The summed E-state index contributed by atoms with van der Waals surface area (Å²) < 4.78 is 0. The Labute approximate surface area is 90.5 Å². The van der Waals surface area contributed by atoms with Crippen molar-refractivity contribution in [3.8, 4) is 0 Å². The summed E-state index contributed by atoms with van der Waals surface area (Å²) in [7, 11) is 0. The summed E-state index contributed by atoms with van der Waals surface area (Å²) in [5.74, 6) is 0. The van der Waals surface area contributed by atoms with Crippen molar-refractivity contribution >= 4 is 5.69 Å². The molecule has 1 saturated heterocycles. The Balaban J connectivity index is 1.81. The minimum absolute atomic E-state index is 0.483. The Hall–Kier alpha value is -1.02. The highest BCUT2D eigenvalue weighted by Crippen LogP contribution is 2.45. The zero-order valence-corrected chi connectivity index (χ0v) is 8.95. The topological polar surface area (TPSA) is 23.5 Å². The minimum Gasteiger partial charge on any atom is -0.385 e. The number of rotatable bonds is 2. The Bertz CT molecular complexity index is 347. The molecule has 1 aromatic carbocycles. The van der Waals surface area contributed by atoms with Crippen molar-refractivity contribution in [2.24, 2.45) is 0 Å². The first-order chi connectivity index (χ1) is 7.28. The van der Waals surface area contributed by atoms with Crippen LogP contribution in [0.15, 0.2) is 24.3 Å². The van der Waals surface area contributed by atoms with Crippen LogP contribution in [0.1, 0.15) is 31.2 Å². The highest BCUT2D eigenvalue weighted by Gasteiger charge is 2.41. The molecule has 0 unspecified atom stereocenters. The lowest BCUT2D eigenvalue weighted by atomic mass is 10.1. The fourth-order valence-electron chi connectivity index (χ4n) is 2.36. The van der Waals surface area contributed by atoms with E-state index in [0.29, 0.717) is 0 Å². The largest absolute Gasteiger partial charge is 0.385 e. The average molecular weight is 203 g/mol. The van der Waals surface area contributed by atoms with E-state index in [0.717, 1.165) is 18.4 Å². The van der Waals surface area contributed by atoms with Crippen molar-refractivity contribution in [1.82, 2.24) is 0 Å². The smallest absolute Gasteiger partial charge is 0.0899 e. The number of anilines is 1. The van der Waals surface area contributed by atoms with Crippen molar-refractivity contribution in [3.05, 3.63) is 29.8 Å². The first-order valence-electron chi connectivity index (χ1n) is 5.86. The number of nitrogens with zero attached hydrogens (tertiary/aromatic N) is 1. The van der Waals surface area contributed by atoms with E-state index in [1.807, 2.05) is 0 Å². The second kappa shape index (κ2) is 3.24. The van der Waals surface area contributed by atoms with Crippen LogP contribution in [0.3, 0.4) is 0 Å². The molecule has 0 spiro atoms. The average Bonchev–Trinajstić information content (AvgIpc) is 2.84. The van der Waals surface area contributed by atoms with Gasteiger partial charge in [0.15, 0.2) is 0 Å². The molecule has 0 aromatic heterocycles. The molecular formula is C13H17NO. The van der Waals surface area contributed by atoms with Crippen LogP contribution in [0.5, 0.6) is 0 Å². The summed E-state index contributed by atoms with van der Waals surface area (Å²) in [4.78, 5) is 2.42. The molecular weight excluding hydrogens is 186 g/mol. The third kappa shape index (κ3) is 1.63. The molecule has 0 atom stereocenters. The Morgan fingerprint density at radius 2 is 1.60 bits per heavy atom. The van der Waals surface area contributed by atoms with Gasteiger partial charge in [-0.25, -0.2) is 0 Å². The van der Waals surface area contributed by atoms with Crippen molar-refractivity contribution in [2.75, 3.05) is 18.0 Å². The Morgan fingerprint density at radius 3 is 2.13 bits per heavy atom. The van der Waals surface area contributed by atoms with Gasteiger partial charge in [-0.2, -0.15) is 0 Å². The SMILES string of the molecule is OC1(c2ccc(N3CCCC3)cc2)CC1. The molecule has 2 heteroatoms. The maximum atomic E-state index is 9.94. The van der Waals surface area contributed by atoms with Crippen molar-refractivity contribution < 1.29 is 5.11 Å². The molecule has 0 bridgehead atoms. The molecule has 1 aliphatic heterocycles. The van der Waals surface area contributed by atoms with Crippen LogP contribution < -0.4 is 4.90 Å². The van der Waals surface area contributed by atoms with Gasteiger partial charge < -0.3 is 10.0 Å². The second-order valence-corrected chi connectivity index (χ2v) is 4.77. The standard InChI is InChI=1S/C13H17NO/c15-13(7-8-13)11-3-5-12(6-4-11)14-9-1-2-10-14/h3-6,15H,1-2,7-10H2. The Kier molecular flexibility index (Phi) is 1.99. The summed E-state index contributed by atoms with van der Waals surface area (Å²) >= 11 is 0. The van der Waals surface area contributed by atoms with Crippen LogP contribution in [-0.4, -0.2) is 18.2 Å². The molecule has 3 rings (SSSR count). The van der Waals surface area contributed by atoms with Crippen LogP contribution in [0.4, 0.5) is 5.69 Å². The zero-order chi connectivity index (χ0) is 10.3. The lowest BCUT2D eigenvalue weighted by Crippen LogP contribution is -2.17. The van der Waals surface area contributed by atoms with Gasteiger partial charge in [-0.15, -0.1) is 0 Å². The van der Waals surface area contributed by atoms with Crippen LogP contribution >= 0.6 is 0 Å².